The summed E-state index contributed by atoms with van der Waals surface area (Å²) in [6.07, 6.45) is 11.6. The van der Waals surface area contributed by atoms with Gasteiger partial charge in [0.2, 0.25) is 0 Å². The van der Waals surface area contributed by atoms with Crippen molar-refractivity contribution in [2.24, 2.45) is 0 Å². The second kappa shape index (κ2) is 13.0. The lowest BCUT2D eigenvalue weighted by Crippen LogP contribution is -2.41. The summed E-state index contributed by atoms with van der Waals surface area (Å²) < 4.78 is 5.01. The molecule has 0 bridgehead atoms. The molecule has 0 unspecified atom stereocenters. The van der Waals surface area contributed by atoms with Crippen molar-refractivity contribution in [1.82, 2.24) is 4.90 Å². The van der Waals surface area contributed by atoms with E-state index in [9.17, 15) is 0 Å². The summed E-state index contributed by atoms with van der Waals surface area (Å²) in [5.74, 6) is 0. The molecule has 0 amide bonds. The summed E-state index contributed by atoms with van der Waals surface area (Å²) in [5, 5.41) is 0. The zero-order valence-corrected chi connectivity index (χ0v) is 22.7. The molecule has 2 rings (SSSR count). The van der Waals surface area contributed by atoms with E-state index in [0.29, 0.717) is 0 Å². The SMILES string of the molecule is CCCc1c(CC)cc(CC)c[n+]1CCc1cc(Br)c(CCCCN(C)C)c(Br)c1. The van der Waals surface area contributed by atoms with Gasteiger partial charge in [-0.1, -0.05) is 52.6 Å². The number of pyridine rings is 1. The molecule has 2 aromatic rings. The number of benzene rings is 1. The molecule has 0 fully saturated rings. The zero-order chi connectivity index (χ0) is 22.1. The average Bonchev–Trinajstić information content (AvgIpc) is 2.71. The smallest absolute Gasteiger partial charge is 0.184 e. The molecule has 0 atom stereocenters. The Morgan fingerprint density at radius 1 is 0.833 bits per heavy atom. The molecule has 1 aromatic carbocycles. The monoisotopic (exact) mass is 537 g/mol. The van der Waals surface area contributed by atoms with E-state index in [-0.39, 0.29) is 0 Å². The largest absolute Gasteiger partial charge is 0.309 e. The van der Waals surface area contributed by atoms with Gasteiger partial charge in [-0.05, 0) is 88.5 Å². The lowest BCUT2D eigenvalue weighted by Gasteiger charge is -2.13. The van der Waals surface area contributed by atoms with Crippen LogP contribution in [0.5, 0.6) is 0 Å². The molecular formula is C26H39Br2N2+. The minimum Gasteiger partial charge on any atom is -0.309 e. The van der Waals surface area contributed by atoms with Crippen molar-refractivity contribution < 1.29 is 4.57 Å². The van der Waals surface area contributed by atoms with Crippen molar-refractivity contribution in [3.8, 4) is 0 Å². The van der Waals surface area contributed by atoms with E-state index in [1.54, 1.807) is 0 Å². The quantitative estimate of drug-likeness (QED) is 0.215. The topological polar surface area (TPSA) is 7.12 Å². The Kier molecular flexibility index (Phi) is 11.1. The maximum Gasteiger partial charge on any atom is 0.184 e. The first-order valence-electron chi connectivity index (χ1n) is 11.5. The molecule has 0 radical (unpaired) electrons. The second-order valence-corrected chi connectivity index (χ2v) is 10.2. The third kappa shape index (κ3) is 7.46. The predicted molar refractivity (Wildman–Crippen MR) is 136 cm³/mol. The molecule has 1 aromatic heterocycles. The van der Waals surface area contributed by atoms with E-state index in [1.165, 1.54) is 56.2 Å². The molecule has 30 heavy (non-hydrogen) atoms. The highest BCUT2D eigenvalue weighted by molar-refractivity contribution is 9.11. The van der Waals surface area contributed by atoms with Crippen molar-refractivity contribution in [1.29, 1.82) is 0 Å². The molecule has 0 N–H and O–H groups in total. The summed E-state index contributed by atoms with van der Waals surface area (Å²) >= 11 is 7.69. The molecule has 2 nitrogen and oxygen atoms in total. The fourth-order valence-corrected chi connectivity index (χ4v) is 5.74. The molecule has 0 aliphatic heterocycles. The molecular weight excluding hydrogens is 500 g/mol. The van der Waals surface area contributed by atoms with Crippen LogP contribution in [-0.2, 0) is 38.6 Å². The van der Waals surface area contributed by atoms with E-state index in [1.807, 2.05) is 0 Å². The molecule has 0 aliphatic rings. The third-order valence-electron chi connectivity index (χ3n) is 5.80. The highest BCUT2D eigenvalue weighted by Crippen LogP contribution is 2.29. The number of aromatic nitrogens is 1. The van der Waals surface area contributed by atoms with Gasteiger partial charge in [0.15, 0.2) is 18.4 Å². The maximum atomic E-state index is 3.84. The minimum absolute atomic E-state index is 1.04. The van der Waals surface area contributed by atoms with E-state index in [4.69, 9.17) is 0 Å². The van der Waals surface area contributed by atoms with Gasteiger partial charge >= 0.3 is 0 Å². The van der Waals surface area contributed by atoms with Crippen molar-refractivity contribution in [3.05, 3.63) is 61.3 Å². The minimum atomic E-state index is 1.04. The summed E-state index contributed by atoms with van der Waals surface area (Å²) in [7, 11) is 4.29. The van der Waals surface area contributed by atoms with Crippen LogP contribution in [0.15, 0.2) is 33.3 Å². The Morgan fingerprint density at radius 3 is 2.10 bits per heavy atom. The van der Waals surface area contributed by atoms with Crippen molar-refractivity contribution in [3.63, 3.8) is 0 Å². The van der Waals surface area contributed by atoms with Gasteiger partial charge in [0.05, 0.1) is 0 Å². The number of nitrogens with zero attached hydrogens (tertiary/aromatic N) is 2. The number of hydrogen-bond donors (Lipinski definition) is 0. The summed E-state index contributed by atoms with van der Waals surface area (Å²) in [5.41, 5.74) is 7.28. The standard InChI is InChI=1S/C26H39Br2N2/c1-6-11-26-22(8-3)16-20(7-2)19-30(26)15-13-21-17-24(27)23(25(28)18-21)12-9-10-14-29(4)5/h16-19H,6-15H2,1-5H3/q+1. The van der Waals surface area contributed by atoms with Crippen LogP contribution in [0, 0.1) is 0 Å². The van der Waals surface area contributed by atoms with Gasteiger partial charge in [-0.2, -0.15) is 0 Å². The predicted octanol–water partition coefficient (Wildman–Crippen LogP) is 6.70. The summed E-state index contributed by atoms with van der Waals surface area (Å²) in [6.45, 7) is 9.01. The zero-order valence-electron chi connectivity index (χ0n) is 19.5. The van der Waals surface area contributed by atoms with Crippen molar-refractivity contribution in [2.75, 3.05) is 20.6 Å². The van der Waals surface area contributed by atoms with Crippen molar-refractivity contribution in [2.45, 2.75) is 78.7 Å². The van der Waals surface area contributed by atoms with Gasteiger partial charge in [-0.3, -0.25) is 0 Å². The number of unbranched alkanes of at least 4 members (excludes halogenated alkanes) is 1. The van der Waals surface area contributed by atoms with Crippen LogP contribution >= 0.6 is 31.9 Å². The van der Waals surface area contributed by atoms with Crippen molar-refractivity contribution >= 4 is 31.9 Å². The fraction of sp³-hybridized carbons (Fsp3) is 0.577. The molecule has 0 spiro atoms. The molecule has 166 valence electrons. The highest BCUT2D eigenvalue weighted by atomic mass is 79.9. The Labute approximate surface area is 201 Å². The van der Waals surface area contributed by atoms with E-state index < -0.39 is 0 Å². The van der Waals surface area contributed by atoms with Crippen LogP contribution in [0.25, 0.3) is 0 Å². The number of hydrogen-bond acceptors (Lipinski definition) is 1. The Hall–Kier alpha value is -0.710. The molecule has 1 heterocycles. The van der Waals surface area contributed by atoms with Crippen LogP contribution in [-0.4, -0.2) is 25.5 Å². The second-order valence-electron chi connectivity index (χ2n) is 8.52. The Morgan fingerprint density at radius 2 is 1.53 bits per heavy atom. The summed E-state index contributed by atoms with van der Waals surface area (Å²) in [4.78, 5) is 2.26. The lowest BCUT2D eigenvalue weighted by atomic mass is 10.0. The first-order valence-corrected chi connectivity index (χ1v) is 13.1. The van der Waals surface area contributed by atoms with E-state index in [0.717, 1.165) is 45.2 Å². The number of rotatable bonds is 12. The van der Waals surface area contributed by atoms with Gasteiger partial charge < -0.3 is 4.90 Å². The molecule has 0 aliphatic carbocycles. The molecule has 0 saturated carbocycles. The Bertz CT molecular complexity index is 792. The first-order chi connectivity index (χ1) is 14.4. The Balaban J connectivity index is 2.14. The first kappa shape index (κ1) is 25.5. The van der Waals surface area contributed by atoms with E-state index >= 15 is 0 Å². The van der Waals surface area contributed by atoms with Gasteiger partial charge in [-0.15, -0.1) is 0 Å². The van der Waals surface area contributed by atoms with E-state index in [2.05, 4.69) is 101 Å². The van der Waals surface area contributed by atoms with Crippen LogP contribution in [0.4, 0.5) is 0 Å². The van der Waals surface area contributed by atoms with Gasteiger partial charge in [0.1, 0.15) is 0 Å². The van der Waals surface area contributed by atoms with Crippen LogP contribution in [0.3, 0.4) is 0 Å². The third-order valence-corrected chi connectivity index (χ3v) is 7.21. The number of aryl methyl sites for hydroxylation is 4. The number of halogens is 2. The van der Waals surface area contributed by atoms with Gasteiger partial charge in [-0.25, -0.2) is 4.57 Å². The lowest BCUT2D eigenvalue weighted by molar-refractivity contribution is -0.704. The molecule has 4 heteroatoms. The normalized spacial score (nSPS) is 11.5. The fourth-order valence-electron chi connectivity index (χ4n) is 4.06. The summed E-state index contributed by atoms with van der Waals surface area (Å²) in [6, 6.07) is 7.08. The van der Waals surface area contributed by atoms with Crippen LogP contribution in [0.1, 0.15) is 68.0 Å². The maximum absolute atomic E-state index is 3.84. The average molecular weight is 539 g/mol. The van der Waals surface area contributed by atoms with Gasteiger partial charge in [0, 0.05) is 32.9 Å². The highest BCUT2D eigenvalue weighted by Gasteiger charge is 2.17. The molecule has 0 saturated heterocycles. The van der Waals surface area contributed by atoms with Gasteiger partial charge in [0.25, 0.3) is 0 Å². The van der Waals surface area contributed by atoms with Crippen LogP contribution in [0.2, 0.25) is 0 Å². The van der Waals surface area contributed by atoms with Crippen LogP contribution < -0.4 is 4.57 Å².